The lowest BCUT2D eigenvalue weighted by molar-refractivity contribution is -0.136. The number of methoxy groups -OCH3 is 1. The van der Waals surface area contributed by atoms with E-state index in [1.54, 1.807) is 30.3 Å². The molecule has 2 amide bonds. The molecule has 0 radical (unpaired) electrons. The van der Waals surface area contributed by atoms with Crippen molar-refractivity contribution in [2.45, 2.75) is 0 Å². The molecule has 0 atom stereocenters. The summed E-state index contributed by atoms with van der Waals surface area (Å²) >= 11 is 0. The Morgan fingerprint density at radius 2 is 1.79 bits per heavy atom. The van der Waals surface area contributed by atoms with Crippen LogP contribution in [0.4, 0.5) is 5.69 Å². The molecule has 0 saturated carbocycles. The van der Waals surface area contributed by atoms with E-state index in [0.29, 0.717) is 17.2 Å². The van der Waals surface area contributed by atoms with Crippen LogP contribution in [-0.4, -0.2) is 37.2 Å². The Morgan fingerprint density at radius 1 is 1.04 bits per heavy atom. The van der Waals surface area contributed by atoms with Crippen molar-refractivity contribution in [2.24, 2.45) is 0 Å². The van der Waals surface area contributed by atoms with Gasteiger partial charge in [-0.1, -0.05) is 18.2 Å². The number of carbonyl (C=O) groups is 2. The van der Waals surface area contributed by atoms with E-state index in [0.717, 1.165) is 0 Å². The predicted octanol–water partition coefficient (Wildman–Crippen LogP) is 1.53. The van der Waals surface area contributed by atoms with Crippen LogP contribution in [0.15, 0.2) is 48.5 Å². The van der Waals surface area contributed by atoms with Gasteiger partial charge in [-0.3, -0.25) is 9.59 Å². The van der Waals surface area contributed by atoms with Crippen molar-refractivity contribution in [3.63, 3.8) is 0 Å². The van der Waals surface area contributed by atoms with E-state index < -0.39 is 11.8 Å². The maximum absolute atomic E-state index is 11.7. The Bertz CT molecular complexity index is 718. The van der Waals surface area contributed by atoms with Gasteiger partial charge in [-0.2, -0.15) is 0 Å². The summed E-state index contributed by atoms with van der Waals surface area (Å²) in [4.78, 5) is 23.4. The maximum Gasteiger partial charge on any atom is 0.313 e. The van der Waals surface area contributed by atoms with E-state index in [2.05, 4.69) is 10.6 Å². The number of rotatable bonds is 6. The van der Waals surface area contributed by atoms with Crippen molar-refractivity contribution in [1.82, 2.24) is 5.32 Å². The summed E-state index contributed by atoms with van der Waals surface area (Å²) in [7, 11) is 1.54. The zero-order valence-corrected chi connectivity index (χ0v) is 13.1. The lowest BCUT2D eigenvalue weighted by Gasteiger charge is -2.11. The maximum atomic E-state index is 11.7. The van der Waals surface area contributed by atoms with Crippen LogP contribution in [0.5, 0.6) is 17.2 Å². The summed E-state index contributed by atoms with van der Waals surface area (Å²) in [6.07, 6.45) is 0. The minimum atomic E-state index is -0.821. The lowest BCUT2D eigenvalue weighted by Crippen LogP contribution is -2.37. The fourth-order valence-electron chi connectivity index (χ4n) is 1.92. The van der Waals surface area contributed by atoms with E-state index in [1.807, 2.05) is 6.07 Å². The molecule has 0 bridgehead atoms. The Kier molecular flexibility index (Phi) is 6.01. The molecular formula is C17H18N2O5. The Labute approximate surface area is 139 Å². The molecule has 0 aliphatic rings. The van der Waals surface area contributed by atoms with Crippen molar-refractivity contribution < 1.29 is 24.2 Å². The molecule has 0 saturated heterocycles. The van der Waals surface area contributed by atoms with Crippen LogP contribution in [-0.2, 0) is 9.59 Å². The minimum absolute atomic E-state index is 0.00147. The van der Waals surface area contributed by atoms with Crippen LogP contribution in [0, 0.1) is 0 Å². The van der Waals surface area contributed by atoms with Gasteiger partial charge in [0.15, 0.2) is 11.5 Å². The predicted molar refractivity (Wildman–Crippen MR) is 88.2 cm³/mol. The van der Waals surface area contributed by atoms with Gasteiger partial charge in [0.25, 0.3) is 0 Å². The monoisotopic (exact) mass is 330 g/mol. The molecule has 0 fully saturated rings. The molecule has 2 aromatic rings. The third-order valence-corrected chi connectivity index (χ3v) is 3.02. The summed E-state index contributed by atoms with van der Waals surface area (Å²) in [5.41, 5.74) is 0.334. The van der Waals surface area contributed by atoms with Gasteiger partial charge in [-0.05, 0) is 24.3 Å². The Morgan fingerprint density at radius 3 is 2.50 bits per heavy atom. The first-order valence-corrected chi connectivity index (χ1v) is 7.24. The fraction of sp³-hybridized carbons (Fsp3) is 0.176. The molecule has 126 valence electrons. The van der Waals surface area contributed by atoms with Gasteiger partial charge in [0.05, 0.1) is 13.7 Å². The molecule has 2 rings (SSSR count). The Balaban J connectivity index is 1.75. The SMILES string of the molecule is COc1ccccc1OCCNC(=O)C(=O)Nc1cccc(O)c1. The zero-order chi connectivity index (χ0) is 17.4. The van der Waals surface area contributed by atoms with E-state index in [9.17, 15) is 14.7 Å². The highest BCUT2D eigenvalue weighted by Gasteiger charge is 2.13. The number of hydrogen-bond donors (Lipinski definition) is 3. The van der Waals surface area contributed by atoms with Gasteiger partial charge in [0, 0.05) is 11.8 Å². The van der Waals surface area contributed by atoms with Crippen molar-refractivity contribution in [3.05, 3.63) is 48.5 Å². The molecule has 0 aliphatic heterocycles. The molecule has 24 heavy (non-hydrogen) atoms. The number of phenolic OH excluding ortho intramolecular Hbond substituents is 1. The molecule has 3 N–H and O–H groups in total. The molecule has 0 spiro atoms. The van der Waals surface area contributed by atoms with Crippen LogP contribution < -0.4 is 20.1 Å². The first kappa shape index (κ1) is 17.1. The van der Waals surface area contributed by atoms with Crippen LogP contribution in [0.2, 0.25) is 0 Å². The summed E-state index contributed by atoms with van der Waals surface area (Å²) in [5.74, 6) is -0.470. The molecule has 7 nitrogen and oxygen atoms in total. The summed E-state index contributed by atoms with van der Waals surface area (Å²) in [6.45, 7) is 0.343. The average molecular weight is 330 g/mol. The van der Waals surface area contributed by atoms with E-state index in [4.69, 9.17) is 9.47 Å². The Hall–Kier alpha value is -3.22. The minimum Gasteiger partial charge on any atom is -0.508 e. The van der Waals surface area contributed by atoms with Crippen molar-refractivity contribution >= 4 is 17.5 Å². The van der Waals surface area contributed by atoms with Crippen LogP contribution in [0.25, 0.3) is 0 Å². The number of anilines is 1. The van der Waals surface area contributed by atoms with E-state index >= 15 is 0 Å². The standard InChI is InChI=1S/C17H18N2O5/c1-23-14-7-2-3-8-15(14)24-10-9-18-16(21)17(22)19-12-5-4-6-13(20)11-12/h2-8,11,20H,9-10H2,1H3,(H,18,21)(H,19,22). The first-order chi connectivity index (χ1) is 11.6. The molecule has 0 aromatic heterocycles. The fourth-order valence-corrected chi connectivity index (χ4v) is 1.92. The van der Waals surface area contributed by atoms with Crippen molar-refractivity contribution in [3.8, 4) is 17.2 Å². The zero-order valence-electron chi connectivity index (χ0n) is 13.1. The van der Waals surface area contributed by atoms with Crippen LogP contribution in [0.1, 0.15) is 0 Å². The van der Waals surface area contributed by atoms with Gasteiger partial charge in [0.2, 0.25) is 0 Å². The van der Waals surface area contributed by atoms with Crippen LogP contribution >= 0.6 is 0 Å². The van der Waals surface area contributed by atoms with Crippen LogP contribution in [0.3, 0.4) is 0 Å². The number of carbonyl (C=O) groups excluding carboxylic acids is 2. The van der Waals surface area contributed by atoms with Gasteiger partial charge >= 0.3 is 11.8 Å². The third-order valence-electron chi connectivity index (χ3n) is 3.02. The topological polar surface area (TPSA) is 96.9 Å². The first-order valence-electron chi connectivity index (χ1n) is 7.24. The molecule has 0 unspecified atom stereocenters. The van der Waals surface area contributed by atoms with E-state index in [-0.39, 0.29) is 18.9 Å². The van der Waals surface area contributed by atoms with Crippen molar-refractivity contribution in [1.29, 1.82) is 0 Å². The number of para-hydroxylation sites is 2. The second-order valence-electron chi connectivity index (χ2n) is 4.76. The average Bonchev–Trinajstić information content (AvgIpc) is 2.58. The highest BCUT2D eigenvalue weighted by atomic mass is 16.5. The number of nitrogens with one attached hydrogen (secondary N) is 2. The van der Waals surface area contributed by atoms with Gasteiger partial charge in [-0.15, -0.1) is 0 Å². The number of hydrogen-bond acceptors (Lipinski definition) is 5. The van der Waals surface area contributed by atoms with Gasteiger partial charge < -0.3 is 25.2 Å². The summed E-state index contributed by atoms with van der Waals surface area (Å²) in [5, 5.41) is 14.1. The smallest absolute Gasteiger partial charge is 0.313 e. The normalized spacial score (nSPS) is 9.88. The third kappa shape index (κ3) is 4.91. The highest BCUT2D eigenvalue weighted by molar-refractivity contribution is 6.39. The quantitative estimate of drug-likeness (QED) is 0.551. The number of amides is 2. The lowest BCUT2D eigenvalue weighted by atomic mass is 10.3. The molecular weight excluding hydrogens is 312 g/mol. The van der Waals surface area contributed by atoms with Gasteiger partial charge in [0.1, 0.15) is 12.4 Å². The largest absolute Gasteiger partial charge is 0.508 e. The highest BCUT2D eigenvalue weighted by Crippen LogP contribution is 2.25. The number of ether oxygens (including phenoxy) is 2. The summed E-state index contributed by atoms with van der Waals surface area (Å²) in [6, 6.07) is 13.1. The number of aromatic hydroxyl groups is 1. The number of phenols is 1. The summed E-state index contributed by atoms with van der Waals surface area (Å²) < 4.78 is 10.6. The van der Waals surface area contributed by atoms with E-state index in [1.165, 1.54) is 19.2 Å². The molecule has 0 heterocycles. The second kappa shape index (κ2) is 8.42. The van der Waals surface area contributed by atoms with Gasteiger partial charge in [-0.25, -0.2) is 0 Å². The number of benzene rings is 2. The molecule has 0 aliphatic carbocycles. The second-order valence-corrected chi connectivity index (χ2v) is 4.76. The molecule has 2 aromatic carbocycles. The van der Waals surface area contributed by atoms with Crippen molar-refractivity contribution in [2.75, 3.05) is 25.6 Å². The molecule has 7 heteroatoms.